The van der Waals surface area contributed by atoms with Gasteiger partial charge in [0.15, 0.2) is 11.5 Å². The van der Waals surface area contributed by atoms with Gasteiger partial charge < -0.3 is 25.0 Å². The predicted octanol–water partition coefficient (Wildman–Crippen LogP) is 5.63. The molecule has 2 N–H and O–H groups in total. The minimum absolute atomic E-state index is 0.129. The molecule has 1 saturated heterocycles. The van der Waals surface area contributed by atoms with Crippen LogP contribution in [-0.4, -0.2) is 54.6 Å². The third kappa shape index (κ3) is 6.06. The maximum atomic E-state index is 15.0. The highest BCUT2D eigenvalue weighted by Crippen LogP contribution is 2.36. The fraction of sp³-hybridized carbons (Fsp3) is 0.276. The molecule has 4 aromatic rings. The molecule has 0 atom stereocenters. The molecule has 39 heavy (non-hydrogen) atoms. The fourth-order valence-electron chi connectivity index (χ4n) is 4.54. The molecule has 0 spiro atoms. The van der Waals surface area contributed by atoms with Gasteiger partial charge in [-0.25, -0.2) is 18.7 Å². The summed E-state index contributed by atoms with van der Waals surface area (Å²) in [7, 11) is 3.69. The zero-order valence-electron chi connectivity index (χ0n) is 21.7. The van der Waals surface area contributed by atoms with Crippen molar-refractivity contribution < 1.29 is 23.0 Å². The highest BCUT2D eigenvalue weighted by atomic mass is 19.1. The lowest BCUT2D eigenvalue weighted by Gasteiger charge is -2.28. The van der Waals surface area contributed by atoms with Crippen LogP contribution < -0.4 is 20.1 Å². The van der Waals surface area contributed by atoms with Gasteiger partial charge in [0.25, 0.3) is 5.91 Å². The number of nitrogens with zero attached hydrogens (tertiary/aromatic N) is 3. The third-order valence-electron chi connectivity index (χ3n) is 6.83. The molecule has 0 unspecified atom stereocenters. The number of aromatic nitrogens is 2. The van der Waals surface area contributed by atoms with E-state index in [9.17, 15) is 13.6 Å². The summed E-state index contributed by atoms with van der Waals surface area (Å²) in [5, 5.41) is 6.13. The van der Waals surface area contributed by atoms with E-state index in [1.807, 2.05) is 0 Å². The summed E-state index contributed by atoms with van der Waals surface area (Å²) in [6, 6.07) is 13.3. The lowest BCUT2D eigenvalue weighted by molar-refractivity contribution is 0.102. The first-order chi connectivity index (χ1) is 18.9. The van der Waals surface area contributed by atoms with Crippen molar-refractivity contribution in [3.63, 3.8) is 0 Å². The van der Waals surface area contributed by atoms with Crippen LogP contribution in [0.15, 0.2) is 60.9 Å². The topological polar surface area (TPSA) is 88.6 Å². The predicted molar refractivity (Wildman–Crippen MR) is 146 cm³/mol. The summed E-state index contributed by atoms with van der Waals surface area (Å²) in [6.07, 6.45) is 3.55. The first-order valence-corrected chi connectivity index (χ1v) is 12.7. The maximum absolute atomic E-state index is 15.0. The zero-order chi connectivity index (χ0) is 27.4. The van der Waals surface area contributed by atoms with Gasteiger partial charge in [0.05, 0.1) is 30.5 Å². The SMILES string of the molecule is COc1cc2c(Nc3ccc(NC(=O)c4ccccc4F)cc3F)ncnc2cc1OCC1CCN(C)CC1. The summed E-state index contributed by atoms with van der Waals surface area (Å²) in [6.45, 7) is 2.71. The van der Waals surface area contributed by atoms with E-state index in [-0.39, 0.29) is 16.9 Å². The minimum Gasteiger partial charge on any atom is -0.493 e. The second-order valence-electron chi connectivity index (χ2n) is 9.55. The van der Waals surface area contributed by atoms with Gasteiger partial charge in [-0.15, -0.1) is 0 Å². The average Bonchev–Trinajstić information content (AvgIpc) is 2.94. The van der Waals surface area contributed by atoms with Crippen LogP contribution in [0.4, 0.5) is 26.0 Å². The number of carbonyl (C=O) groups excluding carboxylic acids is 1. The molecular weight excluding hydrogens is 504 g/mol. The number of methoxy groups -OCH3 is 1. The molecule has 1 fully saturated rings. The van der Waals surface area contributed by atoms with E-state index in [2.05, 4.69) is 32.5 Å². The van der Waals surface area contributed by atoms with E-state index in [0.717, 1.165) is 32.0 Å². The Morgan fingerprint density at radius 1 is 1.03 bits per heavy atom. The van der Waals surface area contributed by atoms with Crippen LogP contribution >= 0.6 is 0 Å². The van der Waals surface area contributed by atoms with Gasteiger partial charge in [0.1, 0.15) is 23.8 Å². The molecule has 3 aromatic carbocycles. The first kappa shape index (κ1) is 26.3. The molecule has 1 amide bonds. The number of hydrogen-bond acceptors (Lipinski definition) is 7. The number of nitrogens with one attached hydrogen (secondary N) is 2. The molecule has 1 aromatic heterocycles. The molecule has 0 aliphatic carbocycles. The van der Waals surface area contributed by atoms with Crippen molar-refractivity contribution in [1.82, 2.24) is 14.9 Å². The second kappa shape index (κ2) is 11.6. The van der Waals surface area contributed by atoms with Gasteiger partial charge in [0.2, 0.25) is 0 Å². The van der Waals surface area contributed by atoms with E-state index < -0.39 is 17.5 Å². The Hall–Kier alpha value is -4.31. The average molecular weight is 534 g/mol. The summed E-state index contributed by atoms with van der Waals surface area (Å²) in [5.41, 5.74) is 0.810. The van der Waals surface area contributed by atoms with Crippen LogP contribution in [0, 0.1) is 17.6 Å². The van der Waals surface area contributed by atoms with Crippen molar-refractivity contribution in [3.05, 3.63) is 78.1 Å². The van der Waals surface area contributed by atoms with E-state index >= 15 is 0 Å². The van der Waals surface area contributed by atoms with Crippen molar-refractivity contribution in [2.24, 2.45) is 5.92 Å². The quantitative estimate of drug-likeness (QED) is 0.303. The van der Waals surface area contributed by atoms with Gasteiger partial charge in [-0.05, 0) is 75.3 Å². The van der Waals surface area contributed by atoms with E-state index in [4.69, 9.17) is 9.47 Å². The van der Waals surface area contributed by atoms with Gasteiger partial charge in [-0.2, -0.15) is 0 Å². The van der Waals surface area contributed by atoms with Crippen LogP contribution in [0.3, 0.4) is 0 Å². The molecule has 202 valence electrons. The smallest absolute Gasteiger partial charge is 0.258 e. The highest BCUT2D eigenvalue weighted by Gasteiger charge is 2.19. The monoisotopic (exact) mass is 533 g/mol. The second-order valence-corrected chi connectivity index (χ2v) is 9.55. The standard InChI is InChI=1S/C29H29F2N5O3/c1-36-11-9-18(10-12-36)16-39-27-15-25-21(14-26(27)38-2)28(33-17-32-25)35-24-8-7-19(13-23(24)31)34-29(37)20-5-3-4-6-22(20)30/h3-8,13-15,17-18H,9-12,16H2,1-2H3,(H,34,37)(H,32,33,35). The normalized spacial score (nSPS) is 14.3. The summed E-state index contributed by atoms with van der Waals surface area (Å²) < 4.78 is 40.6. The Labute approximate surface area is 225 Å². The summed E-state index contributed by atoms with van der Waals surface area (Å²) >= 11 is 0. The number of anilines is 3. The summed E-state index contributed by atoms with van der Waals surface area (Å²) in [5.74, 6) is 0.0211. The molecule has 0 radical (unpaired) electrons. The third-order valence-corrected chi connectivity index (χ3v) is 6.83. The van der Waals surface area contributed by atoms with Crippen LogP contribution in [-0.2, 0) is 0 Å². The number of rotatable bonds is 8. The molecule has 2 heterocycles. The number of fused-ring (bicyclic) bond motifs is 1. The Kier molecular flexibility index (Phi) is 7.83. The Bertz CT molecular complexity index is 1490. The minimum atomic E-state index is -0.670. The summed E-state index contributed by atoms with van der Waals surface area (Å²) in [4.78, 5) is 23.3. The number of likely N-dealkylation sites (tertiary alicyclic amines) is 1. The lowest BCUT2D eigenvalue weighted by Crippen LogP contribution is -2.32. The van der Waals surface area contributed by atoms with Crippen LogP contribution in [0.2, 0.25) is 0 Å². The number of hydrogen-bond donors (Lipinski definition) is 2. The molecule has 5 rings (SSSR count). The number of piperidine rings is 1. The van der Waals surface area contributed by atoms with Crippen molar-refractivity contribution in [2.45, 2.75) is 12.8 Å². The molecule has 0 bridgehead atoms. The van der Waals surface area contributed by atoms with Crippen LogP contribution in [0.1, 0.15) is 23.2 Å². The van der Waals surface area contributed by atoms with E-state index in [1.54, 1.807) is 25.3 Å². The number of ether oxygens (including phenoxy) is 2. The molecule has 0 saturated carbocycles. The lowest BCUT2D eigenvalue weighted by atomic mass is 9.98. The maximum Gasteiger partial charge on any atom is 0.258 e. The van der Waals surface area contributed by atoms with Gasteiger partial charge in [-0.1, -0.05) is 12.1 Å². The number of halogens is 2. The molecule has 8 nitrogen and oxygen atoms in total. The van der Waals surface area contributed by atoms with Crippen LogP contribution in [0.5, 0.6) is 11.5 Å². The van der Waals surface area contributed by atoms with Gasteiger partial charge in [0, 0.05) is 17.1 Å². The van der Waals surface area contributed by atoms with Crippen molar-refractivity contribution in [2.75, 3.05) is 44.5 Å². The molecule has 10 heteroatoms. The Morgan fingerprint density at radius 3 is 2.56 bits per heavy atom. The van der Waals surface area contributed by atoms with Gasteiger partial charge in [-0.3, -0.25) is 4.79 Å². The van der Waals surface area contributed by atoms with Crippen molar-refractivity contribution >= 4 is 34.0 Å². The van der Waals surface area contributed by atoms with Crippen molar-refractivity contribution in [1.29, 1.82) is 0 Å². The fourth-order valence-corrected chi connectivity index (χ4v) is 4.54. The van der Waals surface area contributed by atoms with E-state index in [1.165, 1.54) is 36.7 Å². The van der Waals surface area contributed by atoms with Crippen LogP contribution in [0.25, 0.3) is 10.9 Å². The highest BCUT2D eigenvalue weighted by molar-refractivity contribution is 6.04. The molecule has 1 aliphatic heterocycles. The van der Waals surface area contributed by atoms with Gasteiger partial charge >= 0.3 is 0 Å². The first-order valence-electron chi connectivity index (χ1n) is 12.7. The molecular formula is C29H29F2N5O3. The largest absolute Gasteiger partial charge is 0.493 e. The Morgan fingerprint density at radius 2 is 1.82 bits per heavy atom. The zero-order valence-corrected chi connectivity index (χ0v) is 21.7. The Balaban J connectivity index is 1.32. The van der Waals surface area contributed by atoms with Crippen molar-refractivity contribution in [3.8, 4) is 11.5 Å². The molecule has 1 aliphatic rings. The van der Waals surface area contributed by atoms with E-state index in [0.29, 0.717) is 40.7 Å². The number of carbonyl (C=O) groups is 1. The number of amides is 1. The number of benzene rings is 3.